The summed E-state index contributed by atoms with van der Waals surface area (Å²) in [6.45, 7) is 1.63. The zero-order chi connectivity index (χ0) is 21.3. The predicted molar refractivity (Wildman–Crippen MR) is 104 cm³/mol. The van der Waals surface area contributed by atoms with E-state index in [1.807, 2.05) is 17.0 Å². The number of piperazine rings is 1. The van der Waals surface area contributed by atoms with Crippen molar-refractivity contribution in [2.24, 2.45) is 4.99 Å². The number of benzene rings is 2. The van der Waals surface area contributed by atoms with E-state index in [1.165, 1.54) is 13.2 Å². The van der Waals surface area contributed by atoms with Crippen LogP contribution in [0.4, 0.5) is 18.9 Å². The maximum absolute atomic E-state index is 13.2. The van der Waals surface area contributed by atoms with Crippen molar-refractivity contribution in [3.8, 4) is 11.5 Å². The lowest BCUT2D eigenvalue weighted by Crippen LogP contribution is -2.53. The average Bonchev–Trinajstić information content (AvgIpc) is 2.89. The van der Waals surface area contributed by atoms with Gasteiger partial charge in [0.05, 0.1) is 24.7 Å². The van der Waals surface area contributed by atoms with Gasteiger partial charge < -0.3 is 19.7 Å². The molecule has 0 saturated carbocycles. The SMILES string of the molecule is COC(=O)CC1CN(C2=Nc3cc(C(F)(F)F)ccc3Oc3ccccc32)CCN1. The Morgan fingerprint density at radius 3 is 2.83 bits per heavy atom. The fourth-order valence-electron chi connectivity index (χ4n) is 3.58. The van der Waals surface area contributed by atoms with Crippen LogP contribution < -0.4 is 10.1 Å². The Hall–Kier alpha value is -3.07. The van der Waals surface area contributed by atoms with Gasteiger partial charge in [-0.1, -0.05) is 12.1 Å². The number of ether oxygens (including phenoxy) is 2. The number of aliphatic imine (C=N–C) groups is 1. The van der Waals surface area contributed by atoms with E-state index < -0.39 is 11.7 Å². The summed E-state index contributed by atoms with van der Waals surface area (Å²) < 4.78 is 50.3. The predicted octanol–water partition coefficient (Wildman–Crippen LogP) is 3.73. The Morgan fingerprint density at radius 1 is 1.27 bits per heavy atom. The number of nitrogens with zero attached hydrogens (tertiary/aromatic N) is 2. The third-order valence-corrected chi connectivity index (χ3v) is 5.06. The Morgan fingerprint density at radius 2 is 2.07 bits per heavy atom. The van der Waals surface area contributed by atoms with E-state index in [-0.39, 0.29) is 29.9 Å². The topological polar surface area (TPSA) is 63.2 Å². The van der Waals surface area contributed by atoms with E-state index in [1.54, 1.807) is 12.1 Å². The first-order valence-corrected chi connectivity index (χ1v) is 9.47. The van der Waals surface area contributed by atoms with Crippen molar-refractivity contribution in [3.05, 3.63) is 53.6 Å². The number of methoxy groups -OCH3 is 1. The van der Waals surface area contributed by atoms with E-state index in [9.17, 15) is 18.0 Å². The van der Waals surface area contributed by atoms with Gasteiger partial charge in [-0.2, -0.15) is 13.2 Å². The van der Waals surface area contributed by atoms with Crippen LogP contribution in [0.2, 0.25) is 0 Å². The summed E-state index contributed by atoms with van der Waals surface area (Å²) in [5, 5.41) is 3.26. The van der Waals surface area contributed by atoms with Gasteiger partial charge in [0.1, 0.15) is 17.3 Å². The molecule has 1 saturated heterocycles. The first-order valence-electron chi connectivity index (χ1n) is 9.47. The first-order chi connectivity index (χ1) is 14.3. The second kappa shape index (κ2) is 7.98. The molecule has 1 atom stereocenters. The first kappa shape index (κ1) is 20.2. The van der Waals surface area contributed by atoms with Crippen LogP contribution in [0.25, 0.3) is 0 Å². The largest absolute Gasteiger partial charge is 0.469 e. The summed E-state index contributed by atoms with van der Waals surface area (Å²) in [6, 6.07) is 10.3. The van der Waals surface area contributed by atoms with Gasteiger partial charge in [0, 0.05) is 25.7 Å². The molecule has 0 bridgehead atoms. The second-order valence-corrected chi connectivity index (χ2v) is 7.09. The standard InChI is InChI=1S/C21H20F3N3O3/c1-29-19(28)11-14-12-27(9-8-25-14)20-15-4-2-3-5-17(15)30-18-7-6-13(21(22,23)24)10-16(18)26-20/h2-7,10,14,25H,8-9,11-12H2,1H3. The van der Waals surface area contributed by atoms with Crippen LogP contribution >= 0.6 is 0 Å². The molecule has 2 aliphatic heterocycles. The van der Waals surface area contributed by atoms with Gasteiger partial charge >= 0.3 is 12.1 Å². The highest BCUT2D eigenvalue weighted by Crippen LogP contribution is 2.41. The van der Waals surface area contributed by atoms with Crippen LogP contribution in [0.5, 0.6) is 11.5 Å². The summed E-state index contributed by atoms with van der Waals surface area (Å²) in [7, 11) is 1.33. The Labute approximate surface area is 171 Å². The quantitative estimate of drug-likeness (QED) is 0.752. The van der Waals surface area contributed by atoms with Crippen molar-refractivity contribution >= 4 is 17.5 Å². The molecule has 0 spiro atoms. The molecule has 158 valence electrons. The normalized spacial score (nSPS) is 18.5. The Bertz CT molecular complexity index is 991. The lowest BCUT2D eigenvalue weighted by Gasteiger charge is -2.35. The van der Waals surface area contributed by atoms with E-state index in [2.05, 4.69) is 10.3 Å². The maximum atomic E-state index is 13.2. The highest BCUT2D eigenvalue weighted by molar-refractivity contribution is 6.03. The van der Waals surface area contributed by atoms with Crippen molar-refractivity contribution in [1.29, 1.82) is 0 Å². The molecule has 1 N–H and O–H groups in total. The number of nitrogens with one attached hydrogen (secondary N) is 1. The lowest BCUT2D eigenvalue weighted by atomic mass is 10.1. The van der Waals surface area contributed by atoms with E-state index in [4.69, 9.17) is 9.47 Å². The molecule has 2 aliphatic rings. The molecule has 6 nitrogen and oxygen atoms in total. The third kappa shape index (κ3) is 4.11. The fraction of sp³-hybridized carbons (Fsp3) is 0.333. The number of amidine groups is 1. The van der Waals surface area contributed by atoms with Crippen LogP contribution in [0.15, 0.2) is 47.5 Å². The smallest absolute Gasteiger partial charge is 0.416 e. The molecule has 0 amide bonds. The van der Waals surface area contributed by atoms with E-state index >= 15 is 0 Å². The second-order valence-electron chi connectivity index (χ2n) is 7.09. The number of alkyl halides is 3. The van der Waals surface area contributed by atoms with Crippen molar-refractivity contribution in [2.75, 3.05) is 26.7 Å². The summed E-state index contributed by atoms with van der Waals surface area (Å²) in [4.78, 5) is 18.2. The number of carbonyl (C=O) groups excluding carboxylic acids is 1. The zero-order valence-corrected chi connectivity index (χ0v) is 16.2. The van der Waals surface area contributed by atoms with Gasteiger partial charge in [-0.05, 0) is 30.3 Å². The molecule has 0 aromatic heterocycles. The number of esters is 1. The summed E-state index contributed by atoms with van der Waals surface area (Å²) >= 11 is 0. The minimum atomic E-state index is -4.48. The van der Waals surface area contributed by atoms with Gasteiger partial charge in [-0.3, -0.25) is 4.79 Å². The lowest BCUT2D eigenvalue weighted by molar-refractivity contribution is -0.141. The van der Waals surface area contributed by atoms with Gasteiger partial charge in [0.2, 0.25) is 0 Å². The van der Waals surface area contributed by atoms with Crippen molar-refractivity contribution < 1.29 is 27.4 Å². The van der Waals surface area contributed by atoms with Crippen LogP contribution in [-0.2, 0) is 15.7 Å². The third-order valence-electron chi connectivity index (χ3n) is 5.06. The van der Waals surface area contributed by atoms with Crippen molar-refractivity contribution in [2.45, 2.75) is 18.6 Å². The number of halogens is 3. The summed E-state index contributed by atoms with van der Waals surface area (Å²) in [5.74, 6) is 0.950. The molecule has 2 aromatic carbocycles. The number of hydrogen-bond donors (Lipinski definition) is 1. The van der Waals surface area contributed by atoms with Crippen LogP contribution in [0.1, 0.15) is 17.5 Å². The number of carbonyl (C=O) groups is 1. The minimum Gasteiger partial charge on any atom is -0.469 e. The van der Waals surface area contributed by atoms with Gasteiger partial charge in [-0.15, -0.1) is 0 Å². The molecular weight excluding hydrogens is 399 g/mol. The number of para-hydroxylation sites is 1. The van der Waals surface area contributed by atoms with Crippen LogP contribution in [-0.4, -0.2) is 49.5 Å². The molecule has 9 heteroatoms. The number of hydrogen-bond acceptors (Lipinski definition) is 6. The summed E-state index contributed by atoms with van der Waals surface area (Å²) in [6.07, 6.45) is -4.29. The van der Waals surface area contributed by atoms with Gasteiger partial charge in [0.15, 0.2) is 5.75 Å². The van der Waals surface area contributed by atoms with Crippen LogP contribution in [0, 0.1) is 0 Å². The minimum absolute atomic E-state index is 0.110. The number of rotatable bonds is 2. The molecule has 4 rings (SSSR count). The fourth-order valence-corrected chi connectivity index (χ4v) is 3.58. The molecule has 0 aliphatic carbocycles. The summed E-state index contributed by atoms with van der Waals surface area (Å²) in [5.41, 5.74) is 0.00263. The number of fused-ring (bicyclic) bond motifs is 2. The maximum Gasteiger partial charge on any atom is 0.416 e. The van der Waals surface area contributed by atoms with Gasteiger partial charge in [-0.25, -0.2) is 4.99 Å². The molecular formula is C21H20F3N3O3. The average molecular weight is 419 g/mol. The highest BCUT2D eigenvalue weighted by atomic mass is 19.4. The van der Waals surface area contributed by atoms with E-state index in [0.717, 1.165) is 12.1 Å². The molecule has 2 aromatic rings. The monoisotopic (exact) mass is 419 g/mol. The molecule has 30 heavy (non-hydrogen) atoms. The van der Waals surface area contributed by atoms with Gasteiger partial charge in [0.25, 0.3) is 0 Å². The van der Waals surface area contributed by atoms with Crippen LogP contribution in [0.3, 0.4) is 0 Å². The molecule has 1 fully saturated rings. The molecule has 1 unspecified atom stereocenters. The molecule has 2 heterocycles. The Kier molecular flexibility index (Phi) is 5.38. The highest BCUT2D eigenvalue weighted by Gasteiger charge is 2.33. The molecule has 0 radical (unpaired) electrons. The Balaban J connectivity index is 1.74. The zero-order valence-electron chi connectivity index (χ0n) is 16.2. The van der Waals surface area contributed by atoms with Crippen molar-refractivity contribution in [3.63, 3.8) is 0 Å². The van der Waals surface area contributed by atoms with E-state index in [0.29, 0.717) is 36.8 Å². The van der Waals surface area contributed by atoms with Crippen molar-refractivity contribution in [1.82, 2.24) is 10.2 Å².